The molecule has 0 radical (unpaired) electrons. The average molecular weight is 449 g/mol. The molecule has 4 nitrogen and oxygen atoms in total. The summed E-state index contributed by atoms with van der Waals surface area (Å²) in [5, 5.41) is 0. The quantitative estimate of drug-likeness (QED) is 0.369. The summed E-state index contributed by atoms with van der Waals surface area (Å²) in [7, 11) is 0. The SMILES string of the molecule is CC(C)(C)OC(=O)CO[C@H]1C[C@@H](c2ccc(-c3cc(Oc4ccccc4)ccc3F)cc2)C1. The lowest BCUT2D eigenvalue weighted by Gasteiger charge is -2.35. The van der Waals surface area contributed by atoms with Crippen LogP contribution in [0.25, 0.3) is 11.1 Å². The van der Waals surface area contributed by atoms with Gasteiger partial charge in [0.05, 0.1) is 6.10 Å². The van der Waals surface area contributed by atoms with Crippen LogP contribution in [0.4, 0.5) is 4.39 Å². The van der Waals surface area contributed by atoms with Crippen LogP contribution in [-0.2, 0) is 14.3 Å². The van der Waals surface area contributed by atoms with Crippen molar-refractivity contribution in [3.8, 4) is 22.6 Å². The van der Waals surface area contributed by atoms with Gasteiger partial charge in [0.1, 0.15) is 29.5 Å². The minimum atomic E-state index is -0.503. The fraction of sp³-hybridized carbons (Fsp3) is 0.321. The number of carbonyl (C=O) groups is 1. The Bertz CT molecular complexity index is 1080. The van der Waals surface area contributed by atoms with Gasteiger partial charge in [-0.1, -0.05) is 42.5 Å². The van der Waals surface area contributed by atoms with Crippen LogP contribution in [0.2, 0.25) is 0 Å². The second-order valence-corrected chi connectivity index (χ2v) is 9.37. The van der Waals surface area contributed by atoms with Crippen molar-refractivity contribution < 1.29 is 23.4 Å². The molecule has 0 amide bonds. The van der Waals surface area contributed by atoms with Crippen LogP contribution < -0.4 is 4.74 Å². The predicted molar refractivity (Wildman–Crippen MR) is 126 cm³/mol. The van der Waals surface area contributed by atoms with Crippen LogP contribution in [0, 0.1) is 5.82 Å². The molecule has 3 aromatic carbocycles. The Morgan fingerprint density at radius 1 is 0.939 bits per heavy atom. The fourth-order valence-corrected chi connectivity index (χ4v) is 3.88. The largest absolute Gasteiger partial charge is 0.458 e. The van der Waals surface area contributed by atoms with Crippen LogP contribution in [0.5, 0.6) is 11.5 Å². The van der Waals surface area contributed by atoms with Crippen molar-refractivity contribution in [2.75, 3.05) is 6.61 Å². The van der Waals surface area contributed by atoms with Gasteiger partial charge in [0.15, 0.2) is 0 Å². The number of carbonyl (C=O) groups excluding carboxylic acids is 1. The van der Waals surface area contributed by atoms with E-state index in [1.165, 1.54) is 11.6 Å². The van der Waals surface area contributed by atoms with Crippen molar-refractivity contribution in [2.24, 2.45) is 0 Å². The second kappa shape index (κ2) is 9.75. The minimum absolute atomic E-state index is 0.0196. The van der Waals surface area contributed by atoms with Crippen molar-refractivity contribution in [1.82, 2.24) is 0 Å². The van der Waals surface area contributed by atoms with E-state index in [1.807, 2.05) is 75.4 Å². The van der Waals surface area contributed by atoms with E-state index in [-0.39, 0.29) is 24.5 Å². The Balaban J connectivity index is 1.34. The summed E-state index contributed by atoms with van der Waals surface area (Å²) in [4.78, 5) is 11.8. The third-order valence-electron chi connectivity index (χ3n) is 5.56. The van der Waals surface area contributed by atoms with Gasteiger partial charge in [0.25, 0.3) is 0 Å². The molecule has 3 aromatic rings. The normalized spacial score (nSPS) is 17.8. The molecule has 0 bridgehead atoms. The number of benzene rings is 3. The molecule has 0 heterocycles. The number of rotatable bonds is 7. The Hall–Kier alpha value is -3.18. The maximum atomic E-state index is 14.5. The summed E-state index contributed by atoms with van der Waals surface area (Å²) in [5.41, 5.74) is 1.98. The van der Waals surface area contributed by atoms with Crippen LogP contribution in [0.15, 0.2) is 72.8 Å². The van der Waals surface area contributed by atoms with Crippen LogP contribution in [0.3, 0.4) is 0 Å². The molecule has 1 saturated carbocycles. The zero-order valence-electron chi connectivity index (χ0n) is 19.2. The Labute approximate surface area is 194 Å². The Kier molecular flexibility index (Phi) is 6.80. The van der Waals surface area contributed by atoms with Crippen LogP contribution >= 0.6 is 0 Å². The van der Waals surface area contributed by atoms with Crippen molar-refractivity contribution >= 4 is 5.97 Å². The van der Waals surface area contributed by atoms with Gasteiger partial charge in [-0.15, -0.1) is 0 Å². The third kappa shape index (κ3) is 6.20. The van der Waals surface area contributed by atoms with Crippen LogP contribution in [-0.4, -0.2) is 24.3 Å². The Morgan fingerprint density at radius 2 is 1.64 bits per heavy atom. The molecule has 0 saturated heterocycles. The first-order valence-corrected chi connectivity index (χ1v) is 11.2. The first-order chi connectivity index (χ1) is 15.8. The van der Waals surface area contributed by atoms with Crippen molar-refractivity contribution in [1.29, 1.82) is 0 Å². The molecule has 0 spiro atoms. The van der Waals surface area contributed by atoms with E-state index < -0.39 is 5.60 Å². The summed E-state index contributed by atoms with van der Waals surface area (Å²) >= 11 is 0. The lowest BCUT2D eigenvalue weighted by Crippen LogP contribution is -2.33. The zero-order valence-corrected chi connectivity index (χ0v) is 19.2. The molecule has 0 unspecified atom stereocenters. The fourth-order valence-electron chi connectivity index (χ4n) is 3.88. The summed E-state index contributed by atoms with van der Waals surface area (Å²) in [6.07, 6.45) is 1.78. The van der Waals surface area contributed by atoms with E-state index in [9.17, 15) is 9.18 Å². The van der Waals surface area contributed by atoms with Gasteiger partial charge in [-0.3, -0.25) is 0 Å². The summed E-state index contributed by atoms with van der Waals surface area (Å²) in [6.45, 7) is 5.50. The number of para-hydroxylation sites is 1. The monoisotopic (exact) mass is 448 g/mol. The van der Waals surface area contributed by atoms with Gasteiger partial charge >= 0.3 is 5.97 Å². The smallest absolute Gasteiger partial charge is 0.332 e. The highest BCUT2D eigenvalue weighted by atomic mass is 19.1. The van der Waals surface area contributed by atoms with Gasteiger partial charge in [0.2, 0.25) is 0 Å². The molecule has 0 N–H and O–H groups in total. The first kappa shape index (κ1) is 23.0. The standard InChI is InChI=1S/C28H29FO4/c1-28(2,3)33-27(30)18-31-24-15-21(16-24)19-9-11-20(12-10-19)25-17-23(13-14-26(25)29)32-22-7-5-4-6-8-22/h4-14,17,21,24H,15-16,18H2,1-3H3/t21-,24+. The van der Waals surface area contributed by atoms with E-state index in [2.05, 4.69) is 0 Å². The van der Waals surface area contributed by atoms with E-state index in [0.717, 1.165) is 18.4 Å². The van der Waals surface area contributed by atoms with Crippen molar-refractivity contribution in [2.45, 2.75) is 51.2 Å². The summed E-state index contributed by atoms with van der Waals surface area (Å²) in [5.74, 6) is 1.04. The lowest BCUT2D eigenvalue weighted by atomic mass is 9.77. The van der Waals surface area contributed by atoms with E-state index in [1.54, 1.807) is 12.1 Å². The molecule has 5 heteroatoms. The van der Waals surface area contributed by atoms with E-state index >= 15 is 0 Å². The molecule has 1 fully saturated rings. The maximum Gasteiger partial charge on any atom is 0.332 e. The highest BCUT2D eigenvalue weighted by Gasteiger charge is 2.32. The number of esters is 1. The molecule has 0 atom stereocenters. The highest BCUT2D eigenvalue weighted by molar-refractivity contribution is 5.71. The van der Waals surface area contributed by atoms with Gasteiger partial charge in [-0.2, -0.15) is 0 Å². The molecule has 0 aliphatic heterocycles. The topological polar surface area (TPSA) is 44.8 Å². The van der Waals surface area contributed by atoms with Gasteiger partial charge in [-0.25, -0.2) is 9.18 Å². The molecular formula is C28H29FO4. The molecule has 172 valence electrons. The minimum Gasteiger partial charge on any atom is -0.458 e. The number of halogens is 1. The van der Waals surface area contributed by atoms with Crippen LogP contribution in [0.1, 0.15) is 45.1 Å². The molecule has 33 heavy (non-hydrogen) atoms. The summed E-state index contributed by atoms with van der Waals surface area (Å²) in [6, 6.07) is 22.2. The molecular weight excluding hydrogens is 419 g/mol. The maximum absolute atomic E-state index is 14.5. The number of hydrogen-bond acceptors (Lipinski definition) is 4. The molecule has 1 aliphatic rings. The first-order valence-electron chi connectivity index (χ1n) is 11.2. The summed E-state index contributed by atoms with van der Waals surface area (Å²) < 4.78 is 31.3. The molecule has 4 rings (SSSR count). The second-order valence-electron chi connectivity index (χ2n) is 9.37. The predicted octanol–water partition coefficient (Wildman–Crippen LogP) is 6.89. The number of hydrogen-bond donors (Lipinski definition) is 0. The molecule has 1 aliphatic carbocycles. The van der Waals surface area contributed by atoms with E-state index in [4.69, 9.17) is 14.2 Å². The average Bonchev–Trinajstić information content (AvgIpc) is 2.74. The van der Waals surface area contributed by atoms with Gasteiger partial charge < -0.3 is 14.2 Å². The van der Waals surface area contributed by atoms with Gasteiger partial charge in [0, 0.05) is 5.56 Å². The lowest BCUT2D eigenvalue weighted by molar-refractivity contribution is -0.164. The Morgan fingerprint density at radius 3 is 2.30 bits per heavy atom. The van der Waals surface area contributed by atoms with Gasteiger partial charge in [-0.05, 0) is 81.0 Å². The van der Waals surface area contributed by atoms with E-state index in [0.29, 0.717) is 23.0 Å². The van der Waals surface area contributed by atoms with Crippen molar-refractivity contribution in [3.63, 3.8) is 0 Å². The third-order valence-corrected chi connectivity index (χ3v) is 5.56. The molecule has 0 aromatic heterocycles. The number of ether oxygens (including phenoxy) is 3. The van der Waals surface area contributed by atoms with Crippen molar-refractivity contribution in [3.05, 3.63) is 84.2 Å². The highest BCUT2D eigenvalue weighted by Crippen LogP contribution is 2.39. The zero-order chi connectivity index (χ0) is 23.4.